The van der Waals surface area contributed by atoms with Crippen molar-refractivity contribution in [3.63, 3.8) is 0 Å². The molecule has 0 N–H and O–H groups in total. The molecule has 0 radical (unpaired) electrons. The van der Waals surface area contributed by atoms with Crippen molar-refractivity contribution in [2.45, 2.75) is 5.16 Å². The van der Waals surface area contributed by atoms with E-state index >= 15 is 0 Å². The Morgan fingerprint density at radius 2 is 2.06 bits per heavy atom. The molecule has 0 aromatic carbocycles. The van der Waals surface area contributed by atoms with Crippen molar-refractivity contribution in [1.82, 2.24) is 14.6 Å². The Bertz CT molecular complexity index is 557. The van der Waals surface area contributed by atoms with Crippen LogP contribution in [0.2, 0.25) is 0 Å². The molecule has 90 valence electrons. The van der Waals surface area contributed by atoms with Crippen molar-refractivity contribution in [3.05, 3.63) is 36.4 Å². The van der Waals surface area contributed by atoms with Gasteiger partial charge in [0, 0.05) is 6.20 Å². The largest absolute Gasteiger partial charge is 1.00 e. The molecule has 0 unspecified atom stereocenters. The fraction of sp³-hybridized carbons (Fsp3) is 0.111. The smallest absolute Gasteiger partial charge is 0.445 e. The van der Waals surface area contributed by atoms with E-state index in [1.807, 2.05) is 0 Å². The number of halogens is 3. The Morgan fingerprint density at radius 3 is 2.72 bits per heavy atom. The first-order chi connectivity index (χ1) is 7.98. The number of fused-ring (bicyclic) bond motifs is 1. The summed E-state index contributed by atoms with van der Waals surface area (Å²) < 4.78 is 38.5. The van der Waals surface area contributed by atoms with Gasteiger partial charge in [-0.3, -0.25) is 4.40 Å². The zero-order chi connectivity index (χ0) is 12.5. The van der Waals surface area contributed by atoms with E-state index in [4.69, 9.17) is 0 Å². The van der Waals surface area contributed by atoms with E-state index in [-0.39, 0.29) is 57.1 Å². The molecule has 0 spiro atoms. The molecule has 2 aromatic rings. The van der Waals surface area contributed by atoms with Gasteiger partial charge < -0.3 is 12.9 Å². The first-order valence-corrected chi connectivity index (χ1v) is 5.77. The molecule has 0 aliphatic carbocycles. The van der Waals surface area contributed by atoms with Gasteiger partial charge in [-0.1, -0.05) is 17.8 Å². The third-order valence-electron chi connectivity index (χ3n) is 2.13. The van der Waals surface area contributed by atoms with Crippen LogP contribution in [0.1, 0.15) is 0 Å². The molecule has 2 aromatic heterocycles. The van der Waals surface area contributed by atoms with Crippen LogP contribution in [0, 0.1) is 0 Å². The summed E-state index contributed by atoms with van der Waals surface area (Å²) in [6, 6.07) is 5.29. The van der Waals surface area contributed by atoms with Gasteiger partial charge in [0.1, 0.15) is 0 Å². The fourth-order valence-corrected chi connectivity index (χ4v) is 2.07. The molecule has 9 heteroatoms. The molecule has 0 saturated heterocycles. The average molecular weight is 297 g/mol. The van der Waals surface area contributed by atoms with Gasteiger partial charge in [0.05, 0.1) is 0 Å². The predicted octanol–water partition coefficient (Wildman–Crippen LogP) is -0.232. The average Bonchev–Trinajstić information content (AvgIpc) is 2.68. The summed E-state index contributed by atoms with van der Waals surface area (Å²) in [5, 5.41) is 8.10. The van der Waals surface area contributed by atoms with Crippen molar-refractivity contribution in [2.75, 3.05) is 5.75 Å². The summed E-state index contributed by atoms with van der Waals surface area (Å²) in [4.78, 5) is 0. The van der Waals surface area contributed by atoms with E-state index in [1.54, 1.807) is 28.8 Å². The minimum atomic E-state index is -4.97. The van der Waals surface area contributed by atoms with Gasteiger partial charge >= 0.3 is 58.4 Å². The molecule has 0 fully saturated rings. The second-order valence-electron chi connectivity index (χ2n) is 3.43. The van der Waals surface area contributed by atoms with E-state index in [0.717, 1.165) is 11.8 Å². The van der Waals surface area contributed by atoms with Crippen LogP contribution in [-0.2, 0) is 0 Å². The maximum absolute atomic E-state index is 12.3. The quantitative estimate of drug-likeness (QED) is 0.577. The van der Waals surface area contributed by atoms with Gasteiger partial charge in [-0.15, -0.1) is 22.2 Å². The molecule has 0 aliphatic rings. The zero-order valence-corrected chi connectivity index (χ0v) is 13.6. The minimum absolute atomic E-state index is 0. The number of pyridine rings is 1. The van der Waals surface area contributed by atoms with Crippen molar-refractivity contribution in [3.8, 4) is 0 Å². The fourth-order valence-electron chi connectivity index (χ4n) is 1.17. The van der Waals surface area contributed by atoms with Crippen LogP contribution in [0.5, 0.6) is 0 Å². The molecule has 2 heterocycles. The molecule has 3 nitrogen and oxygen atoms in total. The standard InChI is InChI=1S/C9H8BF3N3S.K/c1-7(10(11,12)13)6-17-9-15-14-8-4-2-3-5-16(8)9;/h2-5H,1,6H2;/q-1;+1. The number of rotatable bonds is 4. The number of thioether (sulfide) groups is 1. The summed E-state index contributed by atoms with van der Waals surface area (Å²) in [5.41, 5.74) is -0.110. The molecular weight excluding hydrogens is 289 g/mol. The van der Waals surface area contributed by atoms with Crippen LogP contribution in [0.25, 0.3) is 5.65 Å². The number of hydrogen-bond donors (Lipinski definition) is 0. The van der Waals surface area contributed by atoms with Gasteiger partial charge in [0.2, 0.25) is 0 Å². The molecule has 18 heavy (non-hydrogen) atoms. The van der Waals surface area contributed by atoms with Gasteiger partial charge in [-0.2, -0.15) is 0 Å². The van der Waals surface area contributed by atoms with Gasteiger partial charge in [0.15, 0.2) is 10.8 Å². The van der Waals surface area contributed by atoms with Crippen LogP contribution in [0.3, 0.4) is 0 Å². The molecule has 0 bridgehead atoms. The SMILES string of the molecule is C=C(CSc1nnc2ccccn12)[B-](F)(F)F.[K+]. The Kier molecular flexibility index (Phi) is 5.94. The maximum atomic E-state index is 12.3. The van der Waals surface area contributed by atoms with Crippen LogP contribution in [0.15, 0.2) is 41.6 Å². The van der Waals surface area contributed by atoms with E-state index in [2.05, 4.69) is 16.8 Å². The maximum Gasteiger partial charge on any atom is 1.00 e. The number of hydrogen-bond acceptors (Lipinski definition) is 3. The van der Waals surface area contributed by atoms with Crippen LogP contribution in [-0.4, -0.2) is 27.3 Å². The Hall–Kier alpha value is 0.201. The summed E-state index contributed by atoms with van der Waals surface area (Å²) in [7, 11) is 0. The van der Waals surface area contributed by atoms with Crippen molar-refractivity contribution < 1.29 is 64.3 Å². The van der Waals surface area contributed by atoms with Crippen molar-refractivity contribution in [1.29, 1.82) is 0 Å². The predicted molar refractivity (Wildman–Crippen MR) is 61.9 cm³/mol. The Labute approximate surface area is 149 Å². The van der Waals surface area contributed by atoms with Gasteiger partial charge in [0.25, 0.3) is 0 Å². The monoisotopic (exact) mass is 297 g/mol. The second kappa shape index (κ2) is 6.58. The van der Waals surface area contributed by atoms with Gasteiger partial charge in [-0.25, -0.2) is 0 Å². The minimum Gasteiger partial charge on any atom is -0.445 e. The topological polar surface area (TPSA) is 30.2 Å². The number of aromatic nitrogens is 3. The van der Waals surface area contributed by atoms with Crippen LogP contribution < -0.4 is 51.4 Å². The van der Waals surface area contributed by atoms with Gasteiger partial charge in [-0.05, 0) is 17.9 Å². The summed E-state index contributed by atoms with van der Waals surface area (Å²) in [6.07, 6.45) is 1.71. The first-order valence-electron chi connectivity index (χ1n) is 4.78. The molecular formula is C9H8BF3KN3S. The van der Waals surface area contributed by atoms with E-state index in [0.29, 0.717) is 10.8 Å². The normalized spacial score (nSPS) is 11.3. The zero-order valence-electron chi connectivity index (χ0n) is 9.68. The molecule has 0 aliphatic heterocycles. The van der Waals surface area contributed by atoms with Crippen molar-refractivity contribution >= 4 is 24.4 Å². The summed E-state index contributed by atoms with van der Waals surface area (Å²) >= 11 is 0.977. The third-order valence-corrected chi connectivity index (χ3v) is 3.18. The molecule has 2 rings (SSSR count). The molecule has 0 amide bonds. The molecule has 0 saturated carbocycles. The summed E-state index contributed by atoms with van der Waals surface area (Å²) in [5.74, 6) is -0.223. The van der Waals surface area contributed by atoms with Crippen LogP contribution in [0.4, 0.5) is 12.9 Å². The third kappa shape index (κ3) is 3.85. The summed E-state index contributed by atoms with van der Waals surface area (Å²) in [6.45, 7) is -1.94. The van der Waals surface area contributed by atoms with E-state index < -0.39 is 12.4 Å². The van der Waals surface area contributed by atoms with Crippen LogP contribution >= 0.6 is 11.8 Å². The second-order valence-corrected chi connectivity index (χ2v) is 4.38. The Morgan fingerprint density at radius 1 is 1.33 bits per heavy atom. The van der Waals surface area contributed by atoms with E-state index in [1.165, 1.54) is 0 Å². The van der Waals surface area contributed by atoms with E-state index in [9.17, 15) is 12.9 Å². The Balaban J connectivity index is 0.00000162. The van der Waals surface area contributed by atoms with Crippen molar-refractivity contribution in [2.24, 2.45) is 0 Å². The number of nitrogens with zero attached hydrogens (tertiary/aromatic N) is 3. The molecule has 0 atom stereocenters. The first kappa shape index (κ1) is 16.3.